The number of carbonyl (C=O) groups is 6. The number of carbonyl (C=O) groups excluding carboxylic acids is 6. The number of ether oxygens (including phenoxy) is 2. The molecule has 16 heteroatoms. The molecule has 342 valence electrons. The Labute approximate surface area is 377 Å². The van der Waals surface area contributed by atoms with Gasteiger partial charge in [-0.3, -0.25) is 39.0 Å². The van der Waals surface area contributed by atoms with Gasteiger partial charge in [0.25, 0.3) is 23.6 Å². The Morgan fingerprint density at radius 3 is 2.48 bits per heavy atom. The number of benzene rings is 2. The zero-order valence-corrected chi connectivity index (χ0v) is 36.9. The molecular weight excluding hydrogens is 834 g/mol. The predicted octanol–water partition coefficient (Wildman–Crippen LogP) is 4.75. The molecule has 5 heterocycles. The Balaban J connectivity index is 0.752. The van der Waals surface area contributed by atoms with Crippen LogP contribution in [0.15, 0.2) is 36.5 Å². The molecule has 1 aromatic heterocycles. The first-order valence-electron chi connectivity index (χ1n) is 23.1. The molecule has 5 fully saturated rings. The minimum atomic E-state index is -1.58. The van der Waals surface area contributed by atoms with Crippen molar-refractivity contribution in [3.63, 3.8) is 0 Å². The van der Waals surface area contributed by atoms with E-state index < -0.39 is 59.6 Å². The topological polar surface area (TPSA) is 202 Å². The van der Waals surface area contributed by atoms with E-state index in [0.717, 1.165) is 63.1 Å². The van der Waals surface area contributed by atoms with Gasteiger partial charge in [0.05, 0.1) is 35.4 Å². The summed E-state index contributed by atoms with van der Waals surface area (Å²) in [6.45, 7) is 5.83. The van der Waals surface area contributed by atoms with Crippen molar-refractivity contribution in [2.24, 2.45) is 34.8 Å². The summed E-state index contributed by atoms with van der Waals surface area (Å²) in [4.78, 5) is 83.6. The molecule has 0 bridgehead atoms. The molecule has 2 aromatic carbocycles. The van der Waals surface area contributed by atoms with E-state index in [1.54, 1.807) is 30.5 Å². The van der Waals surface area contributed by atoms with E-state index in [4.69, 9.17) is 15.2 Å². The number of pyridine rings is 1. The predicted molar refractivity (Wildman–Crippen MR) is 238 cm³/mol. The van der Waals surface area contributed by atoms with Gasteiger partial charge in [0.2, 0.25) is 17.7 Å². The number of nitrogens with zero attached hydrogens (tertiary/aromatic N) is 3. The lowest BCUT2D eigenvalue weighted by molar-refractivity contribution is -0.136. The van der Waals surface area contributed by atoms with Crippen LogP contribution in [0.5, 0.6) is 11.6 Å². The molecule has 3 aromatic rings. The highest BCUT2D eigenvalue weighted by Crippen LogP contribution is 2.53. The maximum Gasteiger partial charge on any atom is 0.264 e. The van der Waals surface area contributed by atoms with Gasteiger partial charge in [-0.15, -0.1) is 0 Å². The first kappa shape index (κ1) is 44.1. The van der Waals surface area contributed by atoms with Gasteiger partial charge in [-0.05, 0) is 119 Å². The van der Waals surface area contributed by atoms with Gasteiger partial charge >= 0.3 is 0 Å². The molecule has 6 amide bonds. The molecule has 9 rings (SSSR count). The Morgan fingerprint density at radius 1 is 1.00 bits per heavy atom. The lowest BCUT2D eigenvalue weighted by Crippen LogP contribution is -2.54. The molecule has 0 radical (unpaired) electrons. The maximum absolute atomic E-state index is 14.5. The van der Waals surface area contributed by atoms with Crippen LogP contribution in [0.25, 0.3) is 10.8 Å². The van der Waals surface area contributed by atoms with E-state index in [2.05, 4.69) is 37.7 Å². The number of nitrogens with one attached hydrogen (secondary N) is 3. The van der Waals surface area contributed by atoms with E-state index in [9.17, 15) is 33.2 Å². The summed E-state index contributed by atoms with van der Waals surface area (Å²) < 4.78 is 26.0. The second kappa shape index (κ2) is 18.1. The number of rotatable bonds is 12. The van der Waals surface area contributed by atoms with E-state index >= 15 is 0 Å². The number of primary amides is 1. The number of halogens is 1. The summed E-state index contributed by atoms with van der Waals surface area (Å²) in [5, 5.41) is 9.61. The van der Waals surface area contributed by atoms with Crippen molar-refractivity contribution in [2.45, 2.75) is 95.8 Å². The largest absolute Gasteiger partial charge is 0.496 e. The summed E-state index contributed by atoms with van der Waals surface area (Å²) in [5.74, 6) is 4.89. The standard InChI is InChI=1S/C49H56FN7O8/c1-3-31-37(54-45(61)42(31)50)26-65-46-34-20-39(64-2)35(43(51)59)19-33(34)30(24-53-46)12-11-27-7-9-28(10-8-27)25-56-17-15-49(16-18-56)21-29(22-49)23-52-36-6-4-5-32-41(36)48(63)57(47(32)62)38-13-14-40(58)55-44(38)60/h4-6,19-20,24,27-29,31,37-38,42,52H,3,7-10,13-18,21-23,25-26H2,1-2H3,(H2,51,59)(H,54,61)(H,55,58,60)/t27-,28-,31-,37+,38?,42-/m0/s1. The number of nitrogens with two attached hydrogens (primary N) is 1. The van der Waals surface area contributed by atoms with Gasteiger partial charge in [0.1, 0.15) is 18.4 Å². The van der Waals surface area contributed by atoms with Crippen LogP contribution in [-0.4, -0.2) is 108 Å². The normalized spacial score (nSPS) is 26.6. The summed E-state index contributed by atoms with van der Waals surface area (Å²) in [6, 6.07) is 7.01. The van der Waals surface area contributed by atoms with E-state index in [-0.39, 0.29) is 48.1 Å². The fourth-order valence-corrected chi connectivity index (χ4v) is 11.3. The third-order valence-corrected chi connectivity index (χ3v) is 15.0. The third kappa shape index (κ3) is 8.62. The van der Waals surface area contributed by atoms with Crippen molar-refractivity contribution >= 4 is 51.9 Å². The number of amides is 6. The number of hydrogen-bond donors (Lipinski definition) is 4. The molecule has 4 aliphatic heterocycles. The summed E-state index contributed by atoms with van der Waals surface area (Å²) >= 11 is 0. The highest BCUT2D eigenvalue weighted by molar-refractivity contribution is 6.25. The number of methoxy groups -OCH3 is 1. The molecular formula is C49H56FN7O8. The lowest BCUT2D eigenvalue weighted by atomic mass is 9.57. The number of likely N-dealkylation sites (tertiary alicyclic amines) is 1. The molecule has 4 atom stereocenters. The first-order chi connectivity index (χ1) is 31.3. The Kier molecular flexibility index (Phi) is 12.3. The van der Waals surface area contributed by atoms with E-state index in [0.29, 0.717) is 57.8 Å². The molecule has 6 aliphatic rings. The van der Waals surface area contributed by atoms with Crippen molar-refractivity contribution in [1.29, 1.82) is 0 Å². The molecule has 15 nitrogen and oxygen atoms in total. The summed E-state index contributed by atoms with van der Waals surface area (Å²) in [5.41, 5.74) is 8.11. The number of imide groups is 2. The van der Waals surface area contributed by atoms with Gasteiger partial charge < -0.3 is 30.7 Å². The fourth-order valence-electron chi connectivity index (χ4n) is 11.3. The van der Waals surface area contributed by atoms with Crippen molar-refractivity contribution in [3.05, 3.63) is 58.8 Å². The average molecular weight is 890 g/mol. The molecule has 65 heavy (non-hydrogen) atoms. The van der Waals surface area contributed by atoms with E-state index in [1.165, 1.54) is 20.0 Å². The second-order valence-electron chi connectivity index (χ2n) is 19.0. The van der Waals surface area contributed by atoms with Gasteiger partial charge in [-0.2, -0.15) is 0 Å². The Bertz CT molecular complexity index is 2500. The number of hydrogen-bond acceptors (Lipinski definition) is 11. The first-order valence-corrected chi connectivity index (χ1v) is 23.1. The van der Waals surface area contributed by atoms with Crippen molar-refractivity contribution in [2.75, 3.05) is 45.2 Å². The molecule has 2 aliphatic carbocycles. The van der Waals surface area contributed by atoms with E-state index in [1.807, 2.05) is 13.0 Å². The number of anilines is 1. The molecule has 3 saturated heterocycles. The summed E-state index contributed by atoms with van der Waals surface area (Å²) in [7, 11) is 1.45. The highest BCUT2D eigenvalue weighted by Gasteiger charge is 2.48. The SMILES string of the molecule is CC[C@@H]1[C@H](F)C(=O)N[C@@H]1COc1ncc(C#C[C@H]2CC[C@H](CN3CCC4(CC3)CC(CNc3cccc5c3C(=O)N(C3CCC(=O)NC3=O)C5=O)C4)CC2)c2cc(C(N)=O)c(OC)cc12. The highest BCUT2D eigenvalue weighted by atomic mass is 19.1. The van der Waals surface area contributed by atoms with Crippen LogP contribution in [0, 0.1) is 40.9 Å². The zero-order valence-electron chi connectivity index (χ0n) is 36.9. The minimum Gasteiger partial charge on any atom is -0.496 e. The van der Waals surface area contributed by atoms with Crippen molar-refractivity contribution in [3.8, 4) is 23.5 Å². The summed E-state index contributed by atoms with van der Waals surface area (Å²) in [6.07, 6.45) is 9.51. The monoisotopic (exact) mass is 889 g/mol. The van der Waals surface area contributed by atoms with Crippen LogP contribution in [0.1, 0.15) is 114 Å². The van der Waals surface area contributed by atoms with Crippen molar-refractivity contribution in [1.82, 2.24) is 25.4 Å². The van der Waals surface area contributed by atoms with Crippen LogP contribution < -0.4 is 31.2 Å². The lowest BCUT2D eigenvalue weighted by Gasteiger charge is -2.53. The number of aromatic nitrogens is 1. The van der Waals surface area contributed by atoms with Crippen LogP contribution in [-0.2, 0) is 14.4 Å². The van der Waals surface area contributed by atoms with Gasteiger partial charge in [0.15, 0.2) is 6.17 Å². The van der Waals surface area contributed by atoms with Crippen LogP contribution in [0.4, 0.5) is 10.1 Å². The Hall–Kier alpha value is -6.08. The van der Waals surface area contributed by atoms with Crippen LogP contribution in [0.3, 0.4) is 0 Å². The number of alkyl halides is 1. The van der Waals surface area contributed by atoms with Gasteiger partial charge in [0, 0.05) is 54.0 Å². The smallest absolute Gasteiger partial charge is 0.264 e. The third-order valence-electron chi connectivity index (χ3n) is 15.0. The number of fused-ring (bicyclic) bond motifs is 2. The van der Waals surface area contributed by atoms with Crippen LogP contribution >= 0.6 is 0 Å². The molecule has 1 unspecified atom stereocenters. The fraction of sp³-hybridized carbons (Fsp3) is 0.531. The molecule has 5 N–H and O–H groups in total. The van der Waals surface area contributed by atoms with Gasteiger partial charge in [-0.25, -0.2) is 9.37 Å². The van der Waals surface area contributed by atoms with Gasteiger partial charge in [-0.1, -0.05) is 24.8 Å². The zero-order chi connectivity index (χ0) is 45.6. The molecule has 2 saturated carbocycles. The average Bonchev–Trinajstić information content (AvgIpc) is 3.72. The Morgan fingerprint density at radius 2 is 1.77 bits per heavy atom. The second-order valence-corrected chi connectivity index (χ2v) is 19.0. The quantitative estimate of drug-likeness (QED) is 0.145. The molecule has 1 spiro atoms. The maximum atomic E-state index is 14.5. The number of piperidine rings is 2. The van der Waals surface area contributed by atoms with Crippen molar-refractivity contribution < 1.29 is 42.6 Å². The van der Waals surface area contributed by atoms with Crippen LogP contribution in [0.2, 0.25) is 0 Å². The minimum absolute atomic E-state index is 0.0304.